The molecule has 0 atom stereocenters. The molecule has 0 amide bonds. The van der Waals surface area contributed by atoms with Gasteiger partial charge in [0.1, 0.15) is 0 Å². The van der Waals surface area contributed by atoms with Gasteiger partial charge in [-0.25, -0.2) is 0 Å². The van der Waals surface area contributed by atoms with Gasteiger partial charge in [0.25, 0.3) is 0 Å². The quantitative estimate of drug-likeness (QED) is 0.844. The summed E-state index contributed by atoms with van der Waals surface area (Å²) in [7, 11) is 0. The van der Waals surface area contributed by atoms with Crippen molar-refractivity contribution in [2.24, 2.45) is 0 Å². The zero-order chi connectivity index (χ0) is 10.8. The molecule has 0 saturated carbocycles. The fourth-order valence-electron chi connectivity index (χ4n) is 1.43. The van der Waals surface area contributed by atoms with Gasteiger partial charge in [-0.1, -0.05) is 37.0 Å². The molecule has 0 saturated heterocycles. The van der Waals surface area contributed by atoms with E-state index in [1.54, 1.807) is 12.1 Å². The molecule has 1 nitrogen and oxygen atoms in total. The highest BCUT2D eigenvalue weighted by atomic mass is 35.5. The highest BCUT2D eigenvalue weighted by Gasteiger charge is 2.22. The van der Waals surface area contributed by atoms with Gasteiger partial charge >= 0.3 is 0 Å². The summed E-state index contributed by atoms with van der Waals surface area (Å²) in [6, 6.07) is 5.42. The Morgan fingerprint density at radius 3 is 2.50 bits per heavy atom. The molecule has 0 bridgehead atoms. The topological polar surface area (TPSA) is 20.2 Å². The van der Waals surface area contributed by atoms with E-state index in [2.05, 4.69) is 0 Å². The van der Waals surface area contributed by atoms with Crippen LogP contribution in [0.1, 0.15) is 25.8 Å². The summed E-state index contributed by atoms with van der Waals surface area (Å²) in [5.74, 6) is 0. The molecule has 14 heavy (non-hydrogen) atoms. The molecule has 1 N–H and O–H groups in total. The summed E-state index contributed by atoms with van der Waals surface area (Å²) < 4.78 is 0. The van der Waals surface area contributed by atoms with Crippen molar-refractivity contribution in [1.82, 2.24) is 0 Å². The normalized spacial score (nSPS) is 11.8. The second kappa shape index (κ2) is 4.52. The predicted octanol–water partition coefficient (Wildman–Crippen LogP) is 3.65. The lowest BCUT2D eigenvalue weighted by atomic mass is 9.82. The van der Waals surface area contributed by atoms with Crippen molar-refractivity contribution in [3.63, 3.8) is 0 Å². The van der Waals surface area contributed by atoms with Gasteiger partial charge in [0, 0.05) is 16.7 Å². The van der Waals surface area contributed by atoms with E-state index in [9.17, 15) is 0 Å². The lowest BCUT2D eigenvalue weighted by molar-refractivity contribution is 0.252. The molecule has 1 rings (SSSR count). The molecular formula is C11H14Cl2O. The van der Waals surface area contributed by atoms with Crippen molar-refractivity contribution in [2.45, 2.75) is 25.7 Å². The summed E-state index contributed by atoms with van der Waals surface area (Å²) in [4.78, 5) is 0. The predicted molar refractivity (Wildman–Crippen MR) is 61.2 cm³/mol. The third kappa shape index (κ3) is 2.63. The van der Waals surface area contributed by atoms with Crippen LogP contribution in [-0.4, -0.2) is 11.7 Å². The molecule has 0 fully saturated rings. The number of hydrogen-bond acceptors (Lipinski definition) is 1. The van der Waals surface area contributed by atoms with Gasteiger partial charge in [0.05, 0.1) is 0 Å². The van der Waals surface area contributed by atoms with Gasteiger partial charge < -0.3 is 5.11 Å². The number of halogens is 2. The molecule has 0 aliphatic carbocycles. The minimum atomic E-state index is -0.142. The van der Waals surface area contributed by atoms with Crippen LogP contribution in [0, 0.1) is 0 Å². The molecule has 0 heterocycles. The number of aliphatic hydroxyl groups is 1. The summed E-state index contributed by atoms with van der Waals surface area (Å²) in [5, 5.41) is 10.3. The third-order valence-corrected chi connectivity index (χ3v) is 2.96. The molecule has 78 valence electrons. The van der Waals surface area contributed by atoms with Crippen LogP contribution in [0.3, 0.4) is 0 Å². The Bertz CT molecular complexity index is 321. The van der Waals surface area contributed by atoms with Gasteiger partial charge in [-0.3, -0.25) is 0 Å². The lowest BCUT2D eigenvalue weighted by Gasteiger charge is -2.25. The standard InChI is InChI=1S/C11H14Cl2O/c1-11(2,5-6-14)9-7-8(12)3-4-10(9)13/h3-4,7,14H,5-6H2,1-2H3. The molecule has 0 unspecified atom stereocenters. The van der Waals surface area contributed by atoms with Crippen LogP contribution in [0.2, 0.25) is 10.0 Å². The lowest BCUT2D eigenvalue weighted by Crippen LogP contribution is -2.19. The Labute approximate surface area is 94.7 Å². The largest absolute Gasteiger partial charge is 0.396 e. The van der Waals surface area contributed by atoms with Gasteiger partial charge in [-0.2, -0.15) is 0 Å². The maximum Gasteiger partial charge on any atom is 0.0444 e. The zero-order valence-corrected chi connectivity index (χ0v) is 9.86. The van der Waals surface area contributed by atoms with Crippen molar-refractivity contribution in [3.05, 3.63) is 33.8 Å². The van der Waals surface area contributed by atoms with E-state index < -0.39 is 0 Å². The molecule has 0 aliphatic rings. The van der Waals surface area contributed by atoms with Gasteiger partial charge in [0.2, 0.25) is 0 Å². The average molecular weight is 233 g/mol. The highest BCUT2D eigenvalue weighted by Crippen LogP contribution is 2.34. The number of aliphatic hydroxyl groups excluding tert-OH is 1. The van der Waals surface area contributed by atoms with E-state index in [-0.39, 0.29) is 12.0 Å². The third-order valence-electron chi connectivity index (χ3n) is 2.39. The fourth-order valence-corrected chi connectivity index (χ4v) is 1.98. The van der Waals surface area contributed by atoms with Crippen LogP contribution >= 0.6 is 23.2 Å². The molecule has 1 aromatic carbocycles. The van der Waals surface area contributed by atoms with E-state index in [0.29, 0.717) is 16.5 Å². The first-order valence-electron chi connectivity index (χ1n) is 4.54. The molecular weight excluding hydrogens is 219 g/mol. The second-order valence-corrected chi connectivity index (χ2v) is 4.83. The minimum Gasteiger partial charge on any atom is -0.396 e. The van der Waals surface area contributed by atoms with Crippen LogP contribution in [-0.2, 0) is 5.41 Å². The minimum absolute atomic E-state index is 0.142. The fraction of sp³-hybridized carbons (Fsp3) is 0.455. The summed E-state index contributed by atoms with van der Waals surface area (Å²) in [6.45, 7) is 4.23. The molecule has 0 aromatic heterocycles. The highest BCUT2D eigenvalue weighted by molar-refractivity contribution is 6.33. The van der Waals surface area contributed by atoms with Crippen LogP contribution < -0.4 is 0 Å². The van der Waals surface area contributed by atoms with E-state index in [1.165, 1.54) is 0 Å². The van der Waals surface area contributed by atoms with Crippen molar-refractivity contribution in [3.8, 4) is 0 Å². The van der Waals surface area contributed by atoms with Crippen LogP contribution in [0.4, 0.5) is 0 Å². The molecule has 0 spiro atoms. The number of hydrogen-bond donors (Lipinski definition) is 1. The van der Waals surface area contributed by atoms with Gasteiger partial charge in [-0.05, 0) is 35.6 Å². The van der Waals surface area contributed by atoms with Crippen molar-refractivity contribution >= 4 is 23.2 Å². The first kappa shape index (κ1) is 11.8. The Kier molecular flexibility index (Phi) is 3.82. The maximum absolute atomic E-state index is 8.95. The summed E-state index contributed by atoms with van der Waals surface area (Å²) >= 11 is 12.0. The Morgan fingerprint density at radius 1 is 1.29 bits per heavy atom. The van der Waals surface area contributed by atoms with Crippen molar-refractivity contribution in [1.29, 1.82) is 0 Å². The van der Waals surface area contributed by atoms with Crippen molar-refractivity contribution < 1.29 is 5.11 Å². The molecule has 3 heteroatoms. The van der Waals surface area contributed by atoms with Gasteiger partial charge in [0.15, 0.2) is 0 Å². The van der Waals surface area contributed by atoms with Gasteiger partial charge in [-0.15, -0.1) is 0 Å². The van der Waals surface area contributed by atoms with Crippen LogP contribution in [0.5, 0.6) is 0 Å². The van der Waals surface area contributed by atoms with E-state index >= 15 is 0 Å². The first-order chi connectivity index (χ1) is 6.47. The second-order valence-electron chi connectivity index (χ2n) is 3.98. The Hall–Kier alpha value is -0.240. The Balaban J connectivity index is 3.10. The zero-order valence-electron chi connectivity index (χ0n) is 8.35. The smallest absolute Gasteiger partial charge is 0.0444 e. The van der Waals surface area contributed by atoms with Crippen LogP contribution in [0.25, 0.3) is 0 Å². The summed E-state index contributed by atoms with van der Waals surface area (Å²) in [6.07, 6.45) is 0.674. The summed E-state index contributed by atoms with van der Waals surface area (Å²) in [5.41, 5.74) is 0.845. The molecule has 1 aromatic rings. The average Bonchev–Trinajstić information content (AvgIpc) is 2.09. The SMILES string of the molecule is CC(C)(CCO)c1cc(Cl)ccc1Cl. The number of rotatable bonds is 3. The molecule has 0 aliphatic heterocycles. The van der Waals surface area contributed by atoms with E-state index in [1.807, 2.05) is 19.9 Å². The maximum atomic E-state index is 8.95. The number of benzene rings is 1. The molecule has 0 radical (unpaired) electrons. The van der Waals surface area contributed by atoms with Crippen LogP contribution in [0.15, 0.2) is 18.2 Å². The van der Waals surface area contributed by atoms with Crippen molar-refractivity contribution in [2.75, 3.05) is 6.61 Å². The van der Waals surface area contributed by atoms with E-state index in [4.69, 9.17) is 28.3 Å². The first-order valence-corrected chi connectivity index (χ1v) is 5.29. The monoisotopic (exact) mass is 232 g/mol. The van der Waals surface area contributed by atoms with E-state index in [0.717, 1.165) is 5.56 Å². The Morgan fingerprint density at radius 2 is 1.93 bits per heavy atom.